The van der Waals surface area contributed by atoms with Crippen LogP contribution in [0.2, 0.25) is 5.02 Å². The molecule has 0 radical (unpaired) electrons. The van der Waals surface area contributed by atoms with Crippen molar-refractivity contribution in [2.24, 2.45) is 7.05 Å². The second kappa shape index (κ2) is 4.20. The first kappa shape index (κ1) is 10.4. The minimum absolute atomic E-state index is 0.384. The first-order valence-electron chi connectivity index (χ1n) is 4.16. The van der Waals surface area contributed by atoms with E-state index in [-0.39, 0.29) is 0 Å². The van der Waals surface area contributed by atoms with Gasteiger partial charge in [-0.25, -0.2) is 4.68 Å². The van der Waals surface area contributed by atoms with Crippen molar-refractivity contribution in [3.8, 4) is 11.8 Å². The van der Waals surface area contributed by atoms with Crippen LogP contribution in [0.5, 0.6) is 11.8 Å². The molecule has 0 aliphatic carbocycles. The summed E-state index contributed by atoms with van der Waals surface area (Å²) in [5, 5.41) is 4.53. The van der Waals surface area contributed by atoms with Crippen LogP contribution in [-0.2, 0) is 7.05 Å². The van der Waals surface area contributed by atoms with Crippen molar-refractivity contribution in [3.63, 3.8) is 0 Å². The molecule has 0 saturated heterocycles. The average molecular weight is 289 g/mol. The van der Waals surface area contributed by atoms with Gasteiger partial charge in [0.15, 0.2) is 0 Å². The van der Waals surface area contributed by atoms with Crippen LogP contribution >= 0.6 is 27.5 Å². The molecule has 0 unspecified atom stereocenters. The number of halogens is 2. The molecule has 0 aliphatic heterocycles. The van der Waals surface area contributed by atoms with Gasteiger partial charge in [-0.05, 0) is 28.1 Å². The lowest BCUT2D eigenvalue weighted by atomic mass is 10.3. The molecule has 0 saturated carbocycles. The van der Waals surface area contributed by atoms with E-state index in [1.54, 1.807) is 19.2 Å². The van der Waals surface area contributed by atoms with Crippen LogP contribution in [0.1, 0.15) is 0 Å². The summed E-state index contributed by atoms with van der Waals surface area (Å²) in [5.74, 6) is 0.558. The lowest BCUT2D eigenvalue weighted by Crippen LogP contribution is -1.96. The second-order valence-corrected chi connectivity index (χ2v) is 3.94. The third kappa shape index (κ3) is 2.30. The van der Waals surface area contributed by atoms with Crippen molar-refractivity contribution < 1.29 is 4.74 Å². The quantitative estimate of drug-likeness (QED) is 0.853. The van der Waals surface area contributed by atoms with Gasteiger partial charge in [0.25, 0.3) is 0 Å². The third-order valence-corrected chi connectivity index (χ3v) is 2.38. The van der Waals surface area contributed by atoms with Gasteiger partial charge in [-0.2, -0.15) is 4.98 Å². The van der Waals surface area contributed by atoms with Crippen molar-refractivity contribution >= 4 is 27.5 Å². The number of aromatic nitrogens is 3. The summed E-state index contributed by atoms with van der Waals surface area (Å²) < 4.78 is 7.49. The maximum atomic E-state index is 5.94. The molecule has 0 amide bonds. The summed E-state index contributed by atoms with van der Waals surface area (Å²) in [4.78, 5) is 4.03. The van der Waals surface area contributed by atoms with E-state index >= 15 is 0 Å². The lowest BCUT2D eigenvalue weighted by Gasteiger charge is -2.04. The van der Waals surface area contributed by atoms with Gasteiger partial charge in [-0.15, -0.1) is 5.10 Å². The zero-order valence-electron chi connectivity index (χ0n) is 7.82. The molecule has 2 aromatic rings. The number of benzene rings is 1. The summed E-state index contributed by atoms with van der Waals surface area (Å²) in [6.07, 6.45) is 0. The van der Waals surface area contributed by atoms with Gasteiger partial charge in [-0.3, -0.25) is 0 Å². The minimum atomic E-state index is 0.384. The molecule has 78 valence electrons. The molecular formula is C9H7BrClN3O. The van der Waals surface area contributed by atoms with E-state index in [1.807, 2.05) is 12.1 Å². The van der Waals surface area contributed by atoms with Gasteiger partial charge >= 0.3 is 6.01 Å². The van der Waals surface area contributed by atoms with E-state index in [1.165, 1.54) is 4.68 Å². The molecule has 0 bridgehead atoms. The van der Waals surface area contributed by atoms with Crippen LogP contribution in [0.4, 0.5) is 0 Å². The van der Waals surface area contributed by atoms with Gasteiger partial charge in [0.1, 0.15) is 5.75 Å². The molecule has 1 aromatic heterocycles. The zero-order chi connectivity index (χ0) is 10.8. The van der Waals surface area contributed by atoms with Crippen molar-refractivity contribution in [2.45, 2.75) is 0 Å². The lowest BCUT2D eigenvalue weighted by molar-refractivity contribution is 0.415. The summed E-state index contributed by atoms with van der Waals surface area (Å²) >= 11 is 9.10. The Morgan fingerprint density at radius 3 is 2.73 bits per heavy atom. The summed E-state index contributed by atoms with van der Waals surface area (Å²) in [5.41, 5.74) is 0. The smallest absolute Gasteiger partial charge is 0.321 e. The van der Waals surface area contributed by atoms with Crippen molar-refractivity contribution in [2.75, 3.05) is 0 Å². The van der Waals surface area contributed by atoms with Crippen LogP contribution < -0.4 is 4.74 Å². The fraction of sp³-hybridized carbons (Fsp3) is 0.111. The average Bonchev–Trinajstić information content (AvgIpc) is 2.49. The summed E-state index contributed by atoms with van der Waals surface area (Å²) in [7, 11) is 1.74. The number of rotatable bonds is 2. The van der Waals surface area contributed by atoms with E-state index in [0.717, 1.165) is 0 Å². The van der Waals surface area contributed by atoms with E-state index in [9.17, 15) is 0 Å². The molecule has 0 fully saturated rings. The van der Waals surface area contributed by atoms with Gasteiger partial charge in [0.2, 0.25) is 4.73 Å². The monoisotopic (exact) mass is 287 g/mol. The molecule has 1 heterocycles. The Morgan fingerprint density at radius 1 is 1.40 bits per heavy atom. The molecule has 4 nitrogen and oxygen atoms in total. The number of hydrogen-bond acceptors (Lipinski definition) is 3. The molecule has 0 N–H and O–H groups in total. The molecule has 2 rings (SSSR count). The maximum absolute atomic E-state index is 5.94. The number of para-hydroxylation sites is 1. The van der Waals surface area contributed by atoms with E-state index in [0.29, 0.717) is 21.5 Å². The molecule has 0 spiro atoms. The largest absolute Gasteiger partial charge is 0.423 e. The fourth-order valence-corrected chi connectivity index (χ4v) is 1.62. The topological polar surface area (TPSA) is 39.9 Å². The number of nitrogens with zero attached hydrogens (tertiary/aromatic N) is 3. The van der Waals surface area contributed by atoms with Crippen LogP contribution in [0.15, 0.2) is 29.0 Å². The maximum Gasteiger partial charge on any atom is 0.321 e. The molecule has 1 aromatic carbocycles. The van der Waals surface area contributed by atoms with Crippen molar-refractivity contribution in [3.05, 3.63) is 34.0 Å². The summed E-state index contributed by atoms with van der Waals surface area (Å²) in [6, 6.07) is 7.58. The Hall–Kier alpha value is -1.07. The first-order chi connectivity index (χ1) is 7.16. The van der Waals surface area contributed by atoms with Gasteiger partial charge < -0.3 is 4.74 Å². The molecule has 6 heteroatoms. The zero-order valence-corrected chi connectivity index (χ0v) is 10.2. The van der Waals surface area contributed by atoms with E-state index in [4.69, 9.17) is 16.3 Å². The van der Waals surface area contributed by atoms with Crippen LogP contribution in [0, 0.1) is 0 Å². The van der Waals surface area contributed by atoms with Crippen LogP contribution in [-0.4, -0.2) is 14.8 Å². The van der Waals surface area contributed by atoms with Gasteiger partial charge in [0, 0.05) is 7.05 Å². The van der Waals surface area contributed by atoms with Crippen LogP contribution in [0.3, 0.4) is 0 Å². The normalized spacial score (nSPS) is 10.3. The van der Waals surface area contributed by atoms with Crippen molar-refractivity contribution in [1.82, 2.24) is 14.8 Å². The SMILES string of the molecule is Cn1nc(Br)nc1Oc1ccccc1Cl. The Morgan fingerprint density at radius 2 is 2.13 bits per heavy atom. The standard InChI is InChI=1S/C9H7BrClN3O/c1-14-9(12-8(10)13-14)15-7-5-3-2-4-6(7)11/h2-5H,1H3. The highest BCUT2D eigenvalue weighted by Gasteiger charge is 2.08. The molecule has 0 atom stereocenters. The summed E-state index contributed by atoms with van der Waals surface area (Å²) in [6.45, 7) is 0. The van der Waals surface area contributed by atoms with Crippen molar-refractivity contribution in [1.29, 1.82) is 0 Å². The predicted molar refractivity (Wildman–Crippen MR) is 60.2 cm³/mol. The highest BCUT2D eigenvalue weighted by molar-refractivity contribution is 9.10. The number of aryl methyl sites for hydroxylation is 1. The van der Waals surface area contributed by atoms with Crippen LogP contribution in [0.25, 0.3) is 0 Å². The van der Waals surface area contributed by atoms with E-state index < -0.39 is 0 Å². The predicted octanol–water partition coefficient (Wildman–Crippen LogP) is 3.02. The Kier molecular flexibility index (Phi) is 2.93. The second-order valence-electron chi connectivity index (χ2n) is 2.82. The number of ether oxygens (including phenoxy) is 1. The minimum Gasteiger partial charge on any atom is -0.423 e. The number of hydrogen-bond donors (Lipinski definition) is 0. The molecular weight excluding hydrogens is 281 g/mol. The van der Waals surface area contributed by atoms with Gasteiger partial charge in [0.05, 0.1) is 5.02 Å². The Bertz CT molecular complexity index is 486. The molecule has 15 heavy (non-hydrogen) atoms. The molecule has 0 aliphatic rings. The Balaban J connectivity index is 2.29. The van der Waals surface area contributed by atoms with Gasteiger partial charge in [-0.1, -0.05) is 23.7 Å². The first-order valence-corrected chi connectivity index (χ1v) is 5.33. The Labute approximate surface area is 100.0 Å². The third-order valence-electron chi connectivity index (χ3n) is 1.74. The highest BCUT2D eigenvalue weighted by atomic mass is 79.9. The fourth-order valence-electron chi connectivity index (χ4n) is 1.05. The highest BCUT2D eigenvalue weighted by Crippen LogP contribution is 2.27. The van der Waals surface area contributed by atoms with E-state index in [2.05, 4.69) is 26.0 Å².